The third-order valence-electron chi connectivity index (χ3n) is 2.02. The van der Waals surface area contributed by atoms with Crippen molar-refractivity contribution in [3.05, 3.63) is 41.6 Å². The Morgan fingerprint density at radius 2 is 2.00 bits per heavy atom. The summed E-state index contributed by atoms with van der Waals surface area (Å²) in [4.78, 5) is 0. The molecule has 1 aliphatic rings. The van der Waals surface area contributed by atoms with Crippen molar-refractivity contribution in [3.63, 3.8) is 0 Å². The molecule has 0 saturated carbocycles. The van der Waals surface area contributed by atoms with Crippen LogP contribution in [0.2, 0.25) is 0 Å². The standard InChI is InChI=1S/C10H12N2.C2H6/c1-8-3-2-4-9(5-8)10-6-11-12-7-10;1-2/h2-6,11-12H,7H2,1H3;1-2H3. The van der Waals surface area contributed by atoms with Crippen molar-refractivity contribution in [2.45, 2.75) is 20.8 Å². The normalized spacial score (nSPS) is 13.8. The van der Waals surface area contributed by atoms with Gasteiger partial charge in [-0.05, 0) is 18.1 Å². The first kappa shape index (κ1) is 10.8. The zero-order valence-corrected chi connectivity index (χ0v) is 9.09. The van der Waals surface area contributed by atoms with Gasteiger partial charge in [0, 0.05) is 12.7 Å². The maximum absolute atomic E-state index is 3.05. The molecular weight excluding hydrogens is 172 g/mol. The fourth-order valence-corrected chi connectivity index (χ4v) is 1.37. The van der Waals surface area contributed by atoms with Gasteiger partial charge in [0.25, 0.3) is 0 Å². The molecule has 2 nitrogen and oxygen atoms in total. The molecule has 0 saturated heterocycles. The van der Waals surface area contributed by atoms with E-state index < -0.39 is 0 Å². The summed E-state index contributed by atoms with van der Waals surface area (Å²) >= 11 is 0. The second-order valence-electron chi connectivity index (χ2n) is 3.04. The van der Waals surface area contributed by atoms with Crippen LogP contribution in [0.25, 0.3) is 5.57 Å². The number of aryl methyl sites for hydroxylation is 1. The van der Waals surface area contributed by atoms with E-state index in [1.54, 1.807) is 0 Å². The third kappa shape index (κ3) is 2.60. The van der Waals surface area contributed by atoms with Gasteiger partial charge in [0.2, 0.25) is 0 Å². The summed E-state index contributed by atoms with van der Waals surface area (Å²) in [6.45, 7) is 7.02. The van der Waals surface area contributed by atoms with Crippen LogP contribution in [0.1, 0.15) is 25.0 Å². The van der Waals surface area contributed by atoms with E-state index in [9.17, 15) is 0 Å². The van der Waals surface area contributed by atoms with E-state index in [1.807, 2.05) is 20.0 Å². The molecule has 2 heteroatoms. The molecule has 0 bridgehead atoms. The predicted octanol–water partition coefficient (Wildman–Crippen LogP) is 2.47. The third-order valence-corrected chi connectivity index (χ3v) is 2.02. The number of hydrogen-bond donors (Lipinski definition) is 2. The van der Waals surface area contributed by atoms with Gasteiger partial charge in [-0.25, -0.2) is 5.43 Å². The molecule has 0 radical (unpaired) electrons. The molecule has 0 aliphatic carbocycles. The molecule has 14 heavy (non-hydrogen) atoms. The average molecular weight is 190 g/mol. The van der Waals surface area contributed by atoms with Crippen LogP contribution in [-0.2, 0) is 0 Å². The number of hydrazine groups is 1. The molecule has 1 heterocycles. The lowest BCUT2D eigenvalue weighted by Crippen LogP contribution is -2.20. The van der Waals surface area contributed by atoms with Crippen LogP contribution in [0.3, 0.4) is 0 Å². The predicted molar refractivity (Wildman–Crippen MR) is 61.6 cm³/mol. The van der Waals surface area contributed by atoms with E-state index in [2.05, 4.69) is 42.0 Å². The summed E-state index contributed by atoms with van der Waals surface area (Å²) in [7, 11) is 0. The molecule has 1 aliphatic heterocycles. The summed E-state index contributed by atoms with van der Waals surface area (Å²) in [6.07, 6.45) is 2.01. The fourth-order valence-electron chi connectivity index (χ4n) is 1.37. The second-order valence-corrected chi connectivity index (χ2v) is 3.04. The van der Waals surface area contributed by atoms with Gasteiger partial charge in [-0.3, -0.25) is 0 Å². The van der Waals surface area contributed by atoms with Gasteiger partial charge in [0.1, 0.15) is 0 Å². The lowest BCUT2D eigenvalue weighted by molar-refractivity contribution is 0.729. The van der Waals surface area contributed by atoms with Crippen LogP contribution in [0.5, 0.6) is 0 Å². The van der Waals surface area contributed by atoms with E-state index in [-0.39, 0.29) is 0 Å². The molecule has 0 spiro atoms. The van der Waals surface area contributed by atoms with Crippen LogP contribution < -0.4 is 10.9 Å². The molecule has 76 valence electrons. The average Bonchev–Trinajstić information content (AvgIpc) is 2.74. The highest BCUT2D eigenvalue weighted by molar-refractivity contribution is 5.68. The molecule has 0 aromatic heterocycles. The zero-order chi connectivity index (χ0) is 10.4. The summed E-state index contributed by atoms with van der Waals surface area (Å²) < 4.78 is 0. The number of hydrogen-bond acceptors (Lipinski definition) is 2. The van der Waals surface area contributed by atoms with Gasteiger partial charge in [0.15, 0.2) is 0 Å². The highest BCUT2D eigenvalue weighted by Gasteiger charge is 2.04. The van der Waals surface area contributed by atoms with Crippen LogP contribution in [0, 0.1) is 6.92 Å². The quantitative estimate of drug-likeness (QED) is 0.711. The highest BCUT2D eigenvalue weighted by atomic mass is 15.4. The largest absolute Gasteiger partial charge is 0.328 e. The first-order valence-electron chi connectivity index (χ1n) is 5.11. The first-order valence-corrected chi connectivity index (χ1v) is 5.11. The monoisotopic (exact) mass is 190 g/mol. The number of benzene rings is 1. The van der Waals surface area contributed by atoms with Crippen molar-refractivity contribution in [2.24, 2.45) is 0 Å². The Kier molecular flexibility index (Phi) is 4.20. The minimum atomic E-state index is 0.906. The van der Waals surface area contributed by atoms with E-state index in [1.165, 1.54) is 16.7 Å². The maximum atomic E-state index is 3.05. The Morgan fingerprint density at radius 3 is 2.57 bits per heavy atom. The zero-order valence-electron chi connectivity index (χ0n) is 9.09. The minimum absolute atomic E-state index is 0.906. The summed E-state index contributed by atoms with van der Waals surface area (Å²) in [6, 6.07) is 8.53. The fraction of sp³-hybridized carbons (Fsp3) is 0.333. The number of nitrogens with one attached hydrogen (secondary N) is 2. The van der Waals surface area contributed by atoms with Gasteiger partial charge in [-0.15, -0.1) is 0 Å². The molecule has 2 rings (SSSR count). The van der Waals surface area contributed by atoms with E-state index >= 15 is 0 Å². The van der Waals surface area contributed by atoms with Gasteiger partial charge in [-0.2, -0.15) is 0 Å². The Labute approximate surface area is 86.0 Å². The Hall–Kier alpha value is -1.28. The van der Waals surface area contributed by atoms with Crippen molar-refractivity contribution in [2.75, 3.05) is 6.54 Å². The number of rotatable bonds is 1. The maximum Gasteiger partial charge on any atom is 0.0419 e. The van der Waals surface area contributed by atoms with Crippen LogP contribution >= 0.6 is 0 Å². The highest BCUT2D eigenvalue weighted by Crippen LogP contribution is 2.15. The second kappa shape index (κ2) is 5.45. The first-order chi connectivity index (χ1) is 6.86. The van der Waals surface area contributed by atoms with E-state index in [0.717, 1.165) is 6.54 Å². The van der Waals surface area contributed by atoms with Crippen LogP contribution in [-0.4, -0.2) is 6.54 Å². The van der Waals surface area contributed by atoms with Crippen molar-refractivity contribution in [3.8, 4) is 0 Å². The Balaban J connectivity index is 0.000000461. The molecule has 0 fully saturated rings. The smallest absolute Gasteiger partial charge is 0.0419 e. The molecule has 2 N–H and O–H groups in total. The summed E-state index contributed by atoms with van der Waals surface area (Å²) in [5, 5.41) is 0. The molecule has 1 aromatic carbocycles. The molecular formula is C12H18N2. The lowest BCUT2D eigenvalue weighted by Gasteiger charge is -2.00. The van der Waals surface area contributed by atoms with Crippen LogP contribution in [0.15, 0.2) is 30.5 Å². The minimum Gasteiger partial charge on any atom is -0.328 e. The SMILES string of the molecule is CC.Cc1cccc(C2=CNNC2)c1. The van der Waals surface area contributed by atoms with Gasteiger partial charge >= 0.3 is 0 Å². The Bertz CT molecular complexity index is 316. The van der Waals surface area contributed by atoms with Crippen molar-refractivity contribution in [1.82, 2.24) is 10.9 Å². The summed E-state index contributed by atoms with van der Waals surface area (Å²) in [5.41, 5.74) is 9.95. The molecule has 0 amide bonds. The summed E-state index contributed by atoms with van der Waals surface area (Å²) in [5.74, 6) is 0. The van der Waals surface area contributed by atoms with Crippen molar-refractivity contribution >= 4 is 5.57 Å². The molecule has 0 atom stereocenters. The van der Waals surface area contributed by atoms with Gasteiger partial charge < -0.3 is 5.43 Å². The van der Waals surface area contributed by atoms with Crippen molar-refractivity contribution in [1.29, 1.82) is 0 Å². The van der Waals surface area contributed by atoms with Gasteiger partial charge in [-0.1, -0.05) is 43.7 Å². The van der Waals surface area contributed by atoms with E-state index in [0.29, 0.717) is 0 Å². The molecule has 0 unspecified atom stereocenters. The van der Waals surface area contributed by atoms with Crippen LogP contribution in [0.4, 0.5) is 0 Å². The van der Waals surface area contributed by atoms with Crippen molar-refractivity contribution < 1.29 is 0 Å². The topological polar surface area (TPSA) is 24.1 Å². The lowest BCUT2D eigenvalue weighted by atomic mass is 10.1. The Morgan fingerprint density at radius 1 is 1.21 bits per heavy atom. The van der Waals surface area contributed by atoms with Gasteiger partial charge in [0.05, 0.1) is 0 Å². The molecule has 1 aromatic rings. The van der Waals surface area contributed by atoms with E-state index in [4.69, 9.17) is 0 Å².